The smallest absolute Gasteiger partial charge is 0.295 e. The first kappa shape index (κ1) is 17.7. The number of anilines is 1. The average Bonchev–Trinajstić information content (AvgIpc) is 2.54. The fourth-order valence-corrected chi connectivity index (χ4v) is 2.37. The molecule has 0 aromatic heterocycles. The van der Waals surface area contributed by atoms with Gasteiger partial charge >= 0.3 is 0 Å². The largest absolute Gasteiger partial charge is 0.497 e. The molecule has 3 N–H and O–H groups in total. The lowest BCUT2D eigenvalue weighted by atomic mass is 9.93. The van der Waals surface area contributed by atoms with Crippen molar-refractivity contribution in [2.24, 2.45) is 5.73 Å². The highest BCUT2D eigenvalue weighted by atomic mass is 19.1. The van der Waals surface area contributed by atoms with E-state index in [2.05, 4.69) is 5.32 Å². The fourth-order valence-electron chi connectivity index (χ4n) is 2.37. The molecule has 0 heterocycles. The molecule has 6 nitrogen and oxygen atoms in total. The second-order valence-electron chi connectivity index (χ2n) is 5.95. The maximum absolute atomic E-state index is 13.2. The summed E-state index contributed by atoms with van der Waals surface area (Å²) in [7, 11) is 1.60. The van der Waals surface area contributed by atoms with Gasteiger partial charge in [0.1, 0.15) is 17.3 Å². The van der Waals surface area contributed by atoms with Gasteiger partial charge in [-0.1, -0.05) is 12.1 Å². The Hall–Kier alpha value is -2.67. The molecule has 0 unspecified atom stereocenters. The van der Waals surface area contributed by atoms with Crippen LogP contribution in [0.15, 0.2) is 42.5 Å². The van der Waals surface area contributed by atoms with E-state index in [1.807, 2.05) is 31.2 Å². The third-order valence-corrected chi connectivity index (χ3v) is 3.61. The molecule has 2 aromatic rings. The number of nitro groups is 1. The Bertz CT molecular complexity index is 718. The molecule has 0 bridgehead atoms. The molecule has 24 heavy (non-hydrogen) atoms. The monoisotopic (exact) mass is 333 g/mol. The van der Waals surface area contributed by atoms with Gasteiger partial charge in [0.15, 0.2) is 0 Å². The minimum atomic E-state index is -0.652. The summed E-state index contributed by atoms with van der Waals surface area (Å²) in [6.07, 6.45) is 0.568. The molecule has 1 atom stereocenters. The maximum atomic E-state index is 13.2. The molecule has 0 amide bonds. The average molecular weight is 333 g/mol. The van der Waals surface area contributed by atoms with E-state index in [-0.39, 0.29) is 11.4 Å². The summed E-state index contributed by atoms with van der Waals surface area (Å²) in [5, 5.41) is 14.0. The highest BCUT2D eigenvalue weighted by Crippen LogP contribution is 2.25. The highest BCUT2D eigenvalue weighted by Gasteiger charge is 2.22. The summed E-state index contributed by atoms with van der Waals surface area (Å²) in [6, 6.07) is 10.9. The molecular weight excluding hydrogens is 313 g/mol. The predicted octanol–water partition coefficient (Wildman–Crippen LogP) is 3.11. The fraction of sp³-hybridized carbons (Fsp3) is 0.294. The van der Waals surface area contributed by atoms with Crippen LogP contribution in [0.4, 0.5) is 15.8 Å². The van der Waals surface area contributed by atoms with Gasteiger partial charge in [0.25, 0.3) is 5.69 Å². The molecule has 0 fully saturated rings. The first-order valence-corrected chi connectivity index (χ1v) is 7.40. The van der Waals surface area contributed by atoms with Gasteiger partial charge in [0.2, 0.25) is 0 Å². The number of hydrogen-bond acceptors (Lipinski definition) is 5. The van der Waals surface area contributed by atoms with Crippen molar-refractivity contribution in [1.82, 2.24) is 0 Å². The van der Waals surface area contributed by atoms with Gasteiger partial charge in [-0.05, 0) is 43.2 Å². The molecule has 0 saturated heterocycles. The summed E-state index contributed by atoms with van der Waals surface area (Å²) < 4.78 is 18.3. The van der Waals surface area contributed by atoms with Crippen LogP contribution in [0.5, 0.6) is 5.75 Å². The lowest BCUT2D eigenvalue weighted by Gasteiger charge is -2.25. The van der Waals surface area contributed by atoms with Gasteiger partial charge in [0, 0.05) is 12.1 Å². The third kappa shape index (κ3) is 4.66. The van der Waals surface area contributed by atoms with Crippen LogP contribution in [0.25, 0.3) is 0 Å². The normalized spacial score (nSPS) is 13.2. The van der Waals surface area contributed by atoms with E-state index in [9.17, 15) is 14.5 Å². The van der Waals surface area contributed by atoms with Crippen molar-refractivity contribution in [3.8, 4) is 5.75 Å². The number of nitrogens with two attached hydrogens (primary N) is 1. The van der Waals surface area contributed by atoms with E-state index in [0.29, 0.717) is 13.0 Å². The molecule has 2 rings (SSSR count). The quantitative estimate of drug-likeness (QED) is 0.600. The first-order chi connectivity index (χ1) is 11.3. The van der Waals surface area contributed by atoms with Crippen molar-refractivity contribution in [2.45, 2.75) is 18.9 Å². The van der Waals surface area contributed by atoms with Crippen LogP contribution in [0, 0.1) is 15.9 Å². The van der Waals surface area contributed by atoms with E-state index in [0.717, 1.165) is 17.4 Å². The van der Waals surface area contributed by atoms with Crippen LogP contribution in [0.2, 0.25) is 0 Å². The topological polar surface area (TPSA) is 90.4 Å². The number of nitrogens with one attached hydrogen (secondary N) is 1. The molecule has 2 aromatic carbocycles. The number of ether oxygens (including phenoxy) is 1. The van der Waals surface area contributed by atoms with Gasteiger partial charge < -0.3 is 15.8 Å². The second kappa shape index (κ2) is 7.27. The predicted molar refractivity (Wildman–Crippen MR) is 90.8 cm³/mol. The van der Waals surface area contributed by atoms with Crippen molar-refractivity contribution in [1.29, 1.82) is 0 Å². The Morgan fingerprint density at radius 2 is 1.96 bits per heavy atom. The van der Waals surface area contributed by atoms with Crippen molar-refractivity contribution in [2.75, 3.05) is 19.0 Å². The van der Waals surface area contributed by atoms with Gasteiger partial charge in [-0.3, -0.25) is 10.1 Å². The summed E-state index contributed by atoms with van der Waals surface area (Å²) in [5.41, 5.74) is 6.60. The minimum absolute atomic E-state index is 0.243. The number of benzene rings is 2. The summed E-state index contributed by atoms with van der Waals surface area (Å²) in [4.78, 5) is 10.4. The van der Waals surface area contributed by atoms with Crippen LogP contribution < -0.4 is 15.8 Å². The van der Waals surface area contributed by atoms with Gasteiger partial charge in [-0.25, -0.2) is 4.39 Å². The van der Waals surface area contributed by atoms with E-state index in [1.165, 1.54) is 12.1 Å². The summed E-state index contributed by atoms with van der Waals surface area (Å²) in [6.45, 7) is 2.14. The molecule has 0 aliphatic carbocycles. The zero-order chi connectivity index (χ0) is 17.7. The molecular formula is C17H20FN3O3. The second-order valence-corrected chi connectivity index (χ2v) is 5.95. The van der Waals surface area contributed by atoms with E-state index < -0.39 is 16.3 Å². The SMILES string of the molecule is COc1ccc(C[C@@](C)(N)CNc2ccc(F)cc2[N+](=O)[O-])cc1. The molecule has 0 aliphatic heterocycles. The molecule has 0 aliphatic rings. The highest BCUT2D eigenvalue weighted by molar-refractivity contribution is 5.61. The number of hydrogen-bond donors (Lipinski definition) is 2. The van der Waals surface area contributed by atoms with Crippen LogP contribution in [-0.2, 0) is 6.42 Å². The van der Waals surface area contributed by atoms with Crippen LogP contribution in [0.1, 0.15) is 12.5 Å². The molecule has 0 radical (unpaired) electrons. The van der Waals surface area contributed by atoms with E-state index in [4.69, 9.17) is 10.5 Å². The summed E-state index contributed by atoms with van der Waals surface area (Å²) in [5.74, 6) is 0.110. The number of rotatable bonds is 7. The zero-order valence-corrected chi connectivity index (χ0v) is 13.6. The Balaban J connectivity index is 2.05. The van der Waals surface area contributed by atoms with E-state index in [1.54, 1.807) is 7.11 Å². The van der Waals surface area contributed by atoms with E-state index >= 15 is 0 Å². The van der Waals surface area contributed by atoms with Gasteiger partial charge in [-0.15, -0.1) is 0 Å². The van der Waals surface area contributed by atoms with Crippen LogP contribution in [-0.4, -0.2) is 24.1 Å². The van der Waals surface area contributed by atoms with Crippen molar-refractivity contribution >= 4 is 11.4 Å². The first-order valence-electron chi connectivity index (χ1n) is 7.40. The van der Waals surface area contributed by atoms with Gasteiger partial charge in [-0.2, -0.15) is 0 Å². The lowest BCUT2D eigenvalue weighted by molar-refractivity contribution is -0.384. The molecule has 128 valence electrons. The Morgan fingerprint density at radius 1 is 1.29 bits per heavy atom. The molecule has 0 spiro atoms. The zero-order valence-electron chi connectivity index (χ0n) is 13.6. The minimum Gasteiger partial charge on any atom is -0.497 e. The number of nitro benzene ring substituents is 1. The Labute approximate surface area is 139 Å². The lowest BCUT2D eigenvalue weighted by Crippen LogP contribution is -2.45. The van der Waals surface area contributed by atoms with Crippen molar-refractivity contribution < 1.29 is 14.1 Å². The third-order valence-electron chi connectivity index (χ3n) is 3.61. The standard InChI is InChI=1S/C17H20FN3O3/c1-17(19,10-12-3-6-14(24-2)7-4-12)11-20-15-8-5-13(18)9-16(15)21(22)23/h3-9,20H,10-11,19H2,1-2H3/t17-/m1/s1. The Kier molecular flexibility index (Phi) is 5.35. The molecule has 0 saturated carbocycles. The van der Waals surface area contributed by atoms with Crippen molar-refractivity contribution in [3.63, 3.8) is 0 Å². The Morgan fingerprint density at radius 3 is 2.54 bits per heavy atom. The van der Waals surface area contributed by atoms with Crippen molar-refractivity contribution in [3.05, 3.63) is 64.0 Å². The number of methoxy groups -OCH3 is 1. The van der Waals surface area contributed by atoms with Crippen LogP contribution in [0.3, 0.4) is 0 Å². The summed E-state index contributed by atoms with van der Waals surface area (Å²) >= 11 is 0. The van der Waals surface area contributed by atoms with Crippen LogP contribution >= 0.6 is 0 Å². The van der Waals surface area contributed by atoms with Gasteiger partial charge in [0.05, 0.1) is 18.1 Å². The molecule has 7 heteroatoms. The number of halogens is 1. The maximum Gasteiger partial charge on any atom is 0.295 e. The number of nitrogens with zero attached hydrogens (tertiary/aromatic N) is 1.